The van der Waals surface area contributed by atoms with Crippen LogP contribution in [0.3, 0.4) is 0 Å². The number of fused-ring (bicyclic) bond motifs is 2. The maximum absolute atomic E-state index is 12.4. The summed E-state index contributed by atoms with van der Waals surface area (Å²) in [6.07, 6.45) is 4.19. The van der Waals surface area contributed by atoms with Gasteiger partial charge < -0.3 is 10.4 Å². The number of aliphatic hydroxyl groups is 1. The van der Waals surface area contributed by atoms with Crippen LogP contribution in [0, 0.1) is 0 Å². The number of rotatable bonds is 4. The van der Waals surface area contributed by atoms with Crippen LogP contribution in [0.4, 0.5) is 5.13 Å². The van der Waals surface area contributed by atoms with E-state index in [1.54, 1.807) is 11.3 Å². The predicted octanol–water partition coefficient (Wildman–Crippen LogP) is 2.16. The highest BCUT2D eigenvalue weighted by Crippen LogP contribution is 2.31. The zero-order valence-electron chi connectivity index (χ0n) is 13.5. The van der Waals surface area contributed by atoms with Crippen LogP contribution in [0.2, 0.25) is 0 Å². The summed E-state index contributed by atoms with van der Waals surface area (Å²) in [4.78, 5) is 20.3. The zero-order chi connectivity index (χ0) is 16.5. The highest BCUT2D eigenvalue weighted by molar-refractivity contribution is 7.15. The second-order valence-corrected chi connectivity index (χ2v) is 7.49. The van der Waals surface area contributed by atoms with Crippen molar-refractivity contribution in [1.82, 2.24) is 9.88 Å². The van der Waals surface area contributed by atoms with E-state index in [-0.39, 0.29) is 25.1 Å². The monoisotopic (exact) mass is 343 g/mol. The largest absolute Gasteiger partial charge is 0.394 e. The van der Waals surface area contributed by atoms with E-state index in [1.807, 2.05) is 18.2 Å². The molecule has 1 aromatic carbocycles. The summed E-state index contributed by atoms with van der Waals surface area (Å²) in [6.45, 7) is 1.09. The minimum absolute atomic E-state index is 0.0237. The fourth-order valence-electron chi connectivity index (χ4n) is 3.69. The Morgan fingerprint density at radius 2 is 2.21 bits per heavy atom. The molecular weight excluding hydrogens is 322 g/mol. The molecule has 1 atom stereocenters. The molecule has 1 aliphatic carbocycles. The van der Waals surface area contributed by atoms with Gasteiger partial charge in [-0.25, -0.2) is 4.98 Å². The number of benzene rings is 1. The number of aromatic nitrogens is 1. The number of nitrogens with one attached hydrogen (secondary N) is 1. The Kier molecular flexibility index (Phi) is 4.35. The van der Waals surface area contributed by atoms with Gasteiger partial charge in [0.25, 0.3) is 0 Å². The molecule has 5 nitrogen and oxygen atoms in total. The number of hydrogen-bond acceptors (Lipinski definition) is 5. The van der Waals surface area contributed by atoms with Gasteiger partial charge in [0, 0.05) is 11.4 Å². The molecule has 0 saturated carbocycles. The third-order valence-electron chi connectivity index (χ3n) is 4.88. The number of carbonyl (C=O) groups excluding carboxylic acids is 1. The number of aryl methyl sites for hydroxylation is 2. The fraction of sp³-hybridized carbons (Fsp3) is 0.444. The zero-order valence-corrected chi connectivity index (χ0v) is 14.3. The van der Waals surface area contributed by atoms with E-state index in [0.29, 0.717) is 5.13 Å². The third kappa shape index (κ3) is 2.97. The van der Waals surface area contributed by atoms with Gasteiger partial charge in [0.1, 0.15) is 0 Å². The Balaban J connectivity index is 1.43. The first kappa shape index (κ1) is 15.7. The second kappa shape index (κ2) is 6.63. The van der Waals surface area contributed by atoms with E-state index in [0.717, 1.165) is 37.1 Å². The van der Waals surface area contributed by atoms with Crippen molar-refractivity contribution in [2.24, 2.45) is 0 Å². The first-order chi connectivity index (χ1) is 11.7. The molecule has 2 aromatic rings. The van der Waals surface area contributed by atoms with E-state index < -0.39 is 0 Å². The molecule has 0 fully saturated rings. The molecule has 4 rings (SSSR count). The molecular formula is C18H21N3O2S. The van der Waals surface area contributed by atoms with Crippen molar-refractivity contribution in [1.29, 1.82) is 0 Å². The number of thiazole rings is 1. The van der Waals surface area contributed by atoms with Crippen molar-refractivity contribution in [2.45, 2.75) is 31.7 Å². The lowest BCUT2D eigenvalue weighted by Crippen LogP contribution is -2.42. The lowest BCUT2D eigenvalue weighted by Gasteiger charge is -2.35. The Hall–Kier alpha value is -1.76. The summed E-state index contributed by atoms with van der Waals surface area (Å²) in [7, 11) is 0. The fourth-order valence-corrected chi connectivity index (χ4v) is 4.76. The SMILES string of the molecule is O=C(CN1CCc2ccccc2C1CO)Nc1nc2c(s1)CCC2. The molecule has 1 unspecified atom stereocenters. The summed E-state index contributed by atoms with van der Waals surface area (Å²) in [5, 5.41) is 13.4. The molecule has 0 radical (unpaired) electrons. The summed E-state index contributed by atoms with van der Waals surface area (Å²) >= 11 is 1.60. The molecule has 1 amide bonds. The molecule has 6 heteroatoms. The molecule has 2 aliphatic rings. The van der Waals surface area contributed by atoms with Crippen LogP contribution < -0.4 is 5.32 Å². The van der Waals surface area contributed by atoms with Gasteiger partial charge in [-0.3, -0.25) is 9.69 Å². The van der Waals surface area contributed by atoms with E-state index in [9.17, 15) is 9.90 Å². The average molecular weight is 343 g/mol. The van der Waals surface area contributed by atoms with Crippen molar-refractivity contribution in [2.75, 3.05) is 25.0 Å². The molecule has 1 aromatic heterocycles. The molecule has 0 bridgehead atoms. The van der Waals surface area contributed by atoms with Crippen molar-refractivity contribution >= 4 is 22.4 Å². The van der Waals surface area contributed by atoms with Crippen LogP contribution in [-0.4, -0.2) is 40.6 Å². The molecule has 0 spiro atoms. The summed E-state index contributed by atoms with van der Waals surface area (Å²) in [5.74, 6) is -0.0553. The van der Waals surface area contributed by atoms with Crippen LogP contribution in [0.25, 0.3) is 0 Å². The lowest BCUT2D eigenvalue weighted by atomic mass is 9.93. The van der Waals surface area contributed by atoms with Gasteiger partial charge in [-0.15, -0.1) is 11.3 Å². The summed E-state index contributed by atoms with van der Waals surface area (Å²) < 4.78 is 0. The van der Waals surface area contributed by atoms with Crippen LogP contribution in [0.1, 0.15) is 34.2 Å². The van der Waals surface area contributed by atoms with Crippen LogP contribution in [-0.2, 0) is 24.1 Å². The predicted molar refractivity (Wildman–Crippen MR) is 94.3 cm³/mol. The van der Waals surface area contributed by atoms with Gasteiger partial charge in [0.2, 0.25) is 5.91 Å². The first-order valence-electron chi connectivity index (χ1n) is 8.45. The topological polar surface area (TPSA) is 65.5 Å². The van der Waals surface area contributed by atoms with Crippen molar-refractivity contribution < 1.29 is 9.90 Å². The first-order valence-corrected chi connectivity index (χ1v) is 9.27. The summed E-state index contributed by atoms with van der Waals surface area (Å²) in [6, 6.07) is 8.06. The van der Waals surface area contributed by atoms with Crippen LogP contribution in [0.15, 0.2) is 24.3 Å². The molecule has 1 aliphatic heterocycles. The van der Waals surface area contributed by atoms with Gasteiger partial charge in [-0.1, -0.05) is 24.3 Å². The lowest BCUT2D eigenvalue weighted by molar-refractivity contribution is -0.118. The van der Waals surface area contributed by atoms with Crippen molar-refractivity contribution in [3.8, 4) is 0 Å². The highest BCUT2D eigenvalue weighted by atomic mass is 32.1. The number of amides is 1. The van der Waals surface area contributed by atoms with Gasteiger partial charge in [-0.2, -0.15) is 0 Å². The third-order valence-corrected chi connectivity index (χ3v) is 5.96. The maximum Gasteiger partial charge on any atom is 0.240 e. The minimum Gasteiger partial charge on any atom is -0.394 e. The smallest absolute Gasteiger partial charge is 0.240 e. The minimum atomic E-state index is -0.109. The van der Waals surface area contributed by atoms with E-state index in [1.165, 1.54) is 16.9 Å². The Bertz CT molecular complexity index is 737. The van der Waals surface area contributed by atoms with Crippen LogP contribution >= 0.6 is 11.3 Å². The van der Waals surface area contributed by atoms with Crippen LogP contribution in [0.5, 0.6) is 0 Å². The van der Waals surface area contributed by atoms with Gasteiger partial charge in [-0.05, 0) is 36.8 Å². The average Bonchev–Trinajstić information content (AvgIpc) is 3.16. The van der Waals surface area contributed by atoms with Gasteiger partial charge >= 0.3 is 0 Å². The highest BCUT2D eigenvalue weighted by Gasteiger charge is 2.28. The molecule has 0 saturated heterocycles. The van der Waals surface area contributed by atoms with E-state index >= 15 is 0 Å². The Morgan fingerprint density at radius 3 is 3.04 bits per heavy atom. The Labute approximate surface area is 145 Å². The molecule has 126 valence electrons. The van der Waals surface area contributed by atoms with Gasteiger partial charge in [0.15, 0.2) is 5.13 Å². The summed E-state index contributed by atoms with van der Waals surface area (Å²) in [5.41, 5.74) is 3.55. The number of carbonyl (C=O) groups is 1. The number of anilines is 1. The number of nitrogens with zero attached hydrogens (tertiary/aromatic N) is 2. The normalized spacial score (nSPS) is 19.8. The van der Waals surface area contributed by atoms with Gasteiger partial charge in [0.05, 0.1) is 24.9 Å². The van der Waals surface area contributed by atoms with E-state index in [2.05, 4.69) is 21.3 Å². The quantitative estimate of drug-likeness (QED) is 0.893. The standard InChI is InChI=1S/C18H21N3O2S/c22-11-15-13-5-2-1-4-12(13)8-9-21(15)10-17(23)20-18-19-14-6-3-7-16(14)24-18/h1-2,4-5,15,22H,3,6-11H2,(H,19,20,23). The maximum atomic E-state index is 12.4. The second-order valence-electron chi connectivity index (χ2n) is 6.41. The number of hydrogen-bond donors (Lipinski definition) is 2. The molecule has 2 heterocycles. The number of aliphatic hydroxyl groups excluding tert-OH is 1. The molecule has 24 heavy (non-hydrogen) atoms. The van der Waals surface area contributed by atoms with Crippen molar-refractivity contribution in [3.05, 3.63) is 46.0 Å². The van der Waals surface area contributed by atoms with E-state index in [4.69, 9.17) is 0 Å². The molecule has 2 N–H and O–H groups in total. The Morgan fingerprint density at radius 1 is 1.33 bits per heavy atom. The van der Waals surface area contributed by atoms with Crippen molar-refractivity contribution in [3.63, 3.8) is 0 Å².